The third-order valence-electron chi connectivity index (χ3n) is 26.0. The zero-order valence-electron chi connectivity index (χ0n) is 66.0. The number of rotatable bonds is 21. The molecule has 3 atom stereocenters. The zero-order valence-corrected chi connectivity index (χ0v) is 66.0. The van der Waals surface area contributed by atoms with Crippen molar-refractivity contribution in [3.05, 3.63) is 89.3 Å². The van der Waals surface area contributed by atoms with Gasteiger partial charge in [0.05, 0.1) is 18.3 Å². The van der Waals surface area contributed by atoms with Gasteiger partial charge < -0.3 is 64.6 Å². The van der Waals surface area contributed by atoms with E-state index in [4.69, 9.17) is 29.9 Å². The molecule has 4 saturated carbocycles. The number of hydrogen-bond acceptors (Lipinski definition) is 16. The van der Waals surface area contributed by atoms with Gasteiger partial charge in [0.2, 0.25) is 17.8 Å². The maximum atomic E-state index is 13.1. The highest BCUT2D eigenvalue weighted by atomic mass is 16.3. The van der Waals surface area contributed by atoms with E-state index in [0.29, 0.717) is 60.0 Å². The average molecular weight is 1450 g/mol. The number of aromatic nitrogens is 9. The summed E-state index contributed by atoms with van der Waals surface area (Å²) in [5.74, 6) is 3.87. The number of likely N-dealkylation sites (tertiary alicyclic amines) is 4. The standard InChI is InChI=1S/C30H41N5O2.C28H46N6O.C28H45N5O/c1-4-5-21(3)32-30-31-18-26-27(19-35(28(26)33-30)24-10-12-25(36)13-11-24)22-14-16-34(17-15-22)29(37)23-8-6-20(2)7-9-23;1-4-5-20(2)30-28-29-18-25-26(19-34(27(25)31-28)23-6-8-24(35)9-7-23)21-10-16-33(17-11-21)22-12-14-32(3)15-13-22;1-3-7-20(2)30-28-29-18-25-26(19-33(27(25)31-28)23-10-12-24(34)13-11-23)21-14-16-32(17-15-21)22-8-5-4-6-9-22/h6-9,18-19,21-22,24-25,36H,4-5,10-17H2,1-3H3,(H,31,32,33);18-24,35H,4-17H2,1-3H3,(H,29,30,31);18-24,34H,3-17H2,1-2H3,(H,29,30,31)/t21-,24?,25?;2*20-,23?,24?/m000/s1. The van der Waals surface area contributed by atoms with E-state index in [0.717, 1.165) is 193 Å². The fraction of sp³-hybridized carbons (Fsp3) is 0.709. The van der Waals surface area contributed by atoms with Gasteiger partial charge in [-0.3, -0.25) is 4.79 Å². The number of amides is 1. The van der Waals surface area contributed by atoms with Gasteiger partial charge in [0.1, 0.15) is 16.9 Å². The van der Waals surface area contributed by atoms with Gasteiger partial charge in [-0.1, -0.05) is 77.0 Å². The Labute approximate surface area is 633 Å². The quantitative estimate of drug-likeness (QED) is 0.0394. The summed E-state index contributed by atoms with van der Waals surface area (Å²) in [7, 11) is 2.25. The average Bonchev–Trinajstić information content (AvgIpc) is 1.63. The van der Waals surface area contributed by atoms with Crippen LogP contribution >= 0.6 is 0 Å². The Kier molecular flexibility index (Phi) is 27.1. The zero-order chi connectivity index (χ0) is 73.8. The molecular formula is C86H132N16O4. The van der Waals surface area contributed by atoms with Crippen molar-refractivity contribution in [3.63, 3.8) is 0 Å². The Bertz CT molecular complexity index is 3860. The lowest BCUT2D eigenvalue weighted by Gasteiger charge is -2.41. The van der Waals surface area contributed by atoms with Gasteiger partial charge in [0.15, 0.2) is 0 Å². The normalized spacial score (nSPS) is 25.0. The van der Waals surface area contributed by atoms with Gasteiger partial charge in [0, 0.05) is 120 Å². The van der Waals surface area contributed by atoms with Crippen LogP contribution in [-0.4, -0.2) is 192 Å². The molecule has 7 aromatic rings. The van der Waals surface area contributed by atoms with E-state index in [1.807, 2.05) is 42.3 Å². The maximum absolute atomic E-state index is 13.1. The van der Waals surface area contributed by atoms with Gasteiger partial charge in [-0.05, 0) is 281 Å². The van der Waals surface area contributed by atoms with E-state index in [1.54, 1.807) is 0 Å². The van der Waals surface area contributed by atoms with Gasteiger partial charge in [-0.2, -0.15) is 15.0 Å². The van der Waals surface area contributed by atoms with Crippen LogP contribution in [0.3, 0.4) is 0 Å². The number of benzene rings is 1. The number of fused-ring (bicyclic) bond motifs is 3. The molecule has 0 spiro atoms. The summed E-state index contributed by atoms with van der Waals surface area (Å²) in [6.45, 7) is 24.1. The van der Waals surface area contributed by atoms with Crippen LogP contribution in [0.5, 0.6) is 0 Å². The second-order valence-electron chi connectivity index (χ2n) is 34.0. The smallest absolute Gasteiger partial charge is 0.253 e. The molecule has 1 aromatic carbocycles. The highest BCUT2D eigenvalue weighted by Gasteiger charge is 2.36. The molecule has 20 heteroatoms. The van der Waals surface area contributed by atoms with Crippen molar-refractivity contribution in [1.29, 1.82) is 0 Å². The van der Waals surface area contributed by atoms with Crippen molar-refractivity contribution in [2.45, 2.75) is 332 Å². The molecular weight excluding hydrogens is 1320 g/mol. The Hall–Kier alpha value is -6.29. The molecule has 8 fully saturated rings. The molecule has 10 heterocycles. The van der Waals surface area contributed by atoms with Crippen LogP contribution in [-0.2, 0) is 0 Å². The first kappa shape index (κ1) is 77.9. The number of nitrogens with one attached hydrogen (secondary N) is 3. The van der Waals surface area contributed by atoms with E-state index in [-0.39, 0.29) is 24.2 Å². The van der Waals surface area contributed by atoms with E-state index < -0.39 is 0 Å². The molecule has 1 amide bonds. The summed E-state index contributed by atoms with van der Waals surface area (Å²) in [6, 6.07) is 11.7. The number of aliphatic hydroxyl groups excluding tert-OH is 3. The fourth-order valence-corrected chi connectivity index (χ4v) is 19.6. The Morgan fingerprint density at radius 1 is 0.425 bits per heavy atom. The number of carbonyl (C=O) groups excluding carboxylic acids is 1. The summed E-state index contributed by atoms with van der Waals surface area (Å²) < 4.78 is 7.25. The van der Waals surface area contributed by atoms with Crippen LogP contribution in [0.25, 0.3) is 33.1 Å². The minimum atomic E-state index is -0.185. The van der Waals surface area contributed by atoms with E-state index in [1.165, 1.54) is 143 Å². The number of carbonyl (C=O) groups is 1. The molecule has 4 aliphatic heterocycles. The van der Waals surface area contributed by atoms with Gasteiger partial charge in [0.25, 0.3) is 5.91 Å². The molecule has 580 valence electrons. The topological polar surface area (TPSA) is 219 Å². The van der Waals surface area contributed by atoms with Crippen LogP contribution in [0.1, 0.15) is 309 Å². The van der Waals surface area contributed by atoms with Crippen molar-refractivity contribution in [1.82, 2.24) is 63.2 Å². The molecule has 6 N–H and O–H groups in total. The van der Waals surface area contributed by atoms with Crippen molar-refractivity contribution >= 4 is 56.9 Å². The first-order valence-electron chi connectivity index (χ1n) is 42.5. The Balaban J connectivity index is 0.000000141. The summed E-state index contributed by atoms with van der Waals surface area (Å²) in [5, 5.41) is 44.4. The molecule has 4 aliphatic carbocycles. The van der Waals surface area contributed by atoms with Crippen molar-refractivity contribution in [2.24, 2.45) is 0 Å². The second-order valence-corrected chi connectivity index (χ2v) is 34.0. The van der Waals surface area contributed by atoms with Crippen LogP contribution < -0.4 is 16.0 Å². The van der Waals surface area contributed by atoms with Crippen molar-refractivity contribution in [2.75, 3.05) is 75.4 Å². The first-order chi connectivity index (χ1) is 51.6. The van der Waals surface area contributed by atoms with E-state index in [9.17, 15) is 20.1 Å². The summed E-state index contributed by atoms with van der Waals surface area (Å²) in [6.07, 6.45) is 47.3. The third-order valence-corrected chi connectivity index (χ3v) is 26.0. The van der Waals surface area contributed by atoms with Gasteiger partial charge in [-0.25, -0.2) is 15.0 Å². The first-order valence-corrected chi connectivity index (χ1v) is 42.5. The monoisotopic (exact) mass is 1450 g/mol. The summed E-state index contributed by atoms with van der Waals surface area (Å²) in [4.78, 5) is 52.4. The van der Waals surface area contributed by atoms with Gasteiger partial charge in [-0.15, -0.1) is 0 Å². The SMILES string of the molecule is CCC[C@H](C)Nc1ncc2c(C3CCN(C(=O)c4ccc(C)cc4)CC3)cn(C3CCC(O)CC3)c2n1.CCC[C@H](C)Nc1ncc2c(C3CCN(C4CCCCC4)CC3)cn(C3CCC(O)CC3)c2n1.CCC[C@H](C)Nc1ncc2c(C3CCN(C4CCN(C)CC4)CC3)cn(C3CCC(O)CC3)c2n1. The molecule has 20 nitrogen and oxygen atoms in total. The summed E-state index contributed by atoms with van der Waals surface area (Å²) in [5.41, 5.74) is 9.31. The number of piperidine rings is 4. The molecule has 0 unspecified atom stereocenters. The predicted octanol–water partition coefficient (Wildman–Crippen LogP) is 16.6. The lowest BCUT2D eigenvalue weighted by molar-refractivity contribution is 0.0713. The fourth-order valence-electron chi connectivity index (χ4n) is 19.6. The van der Waals surface area contributed by atoms with Crippen molar-refractivity contribution < 1.29 is 20.1 Å². The molecule has 106 heavy (non-hydrogen) atoms. The highest BCUT2D eigenvalue weighted by Crippen LogP contribution is 2.44. The molecule has 6 aromatic heterocycles. The number of nitrogens with zero attached hydrogens (tertiary/aromatic N) is 13. The van der Waals surface area contributed by atoms with Crippen LogP contribution in [0, 0.1) is 6.92 Å². The number of anilines is 3. The van der Waals surface area contributed by atoms with Crippen LogP contribution in [0.2, 0.25) is 0 Å². The second kappa shape index (κ2) is 36.9. The lowest BCUT2D eigenvalue weighted by Crippen LogP contribution is -2.46. The van der Waals surface area contributed by atoms with E-state index in [2.05, 4.69) is 124 Å². The lowest BCUT2D eigenvalue weighted by atomic mass is 9.87. The highest BCUT2D eigenvalue weighted by molar-refractivity contribution is 5.94. The summed E-state index contributed by atoms with van der Waals surface area (Å²) >= 11 is 0. The molecule has 4 saturated heterocycles. The minimum absolute atomic E-state index is 0.127. The predicted molar refractivity (Wildman–Crippen MR) is 431 cm³/mol. The minimum Gasteiger partial charge on any atom is -0.393 e. The number of hydrogen-bond donors (Lipinski definition) is 6. The van der Waals surface area contributed by atoms with Crippen LogP contribution in [0.4, 0.5) is 17.8 Å². The molecule has 0 radical (unpaired) electrons. The van der Waals surface area contributed by atoms with Crippen LogP contribution in [0.15, 0.2) is 61.4 Å². The molecule has 8 aliphatic rings. The molecule has 15 rings (SSSR count). The Morgan fingerprint density at radius 2 is 0.755 bits per heavy atom. The molecule has 0 bridgehead atoms. The third kappa shape index (κ3) is 19.3. The number of aryl methyl sites for hydroxylation is 1. The maximum Gasteiger partial charge on any atom is 0.253 e. The largest absolute Gasteiger partial charge is 0.393 e. The van der Waals surface area contributed by atoms with E-state index >= 15 is 0 Å². The number of aliphatic hydroxyl groups is 3. The van der Waals surface area contributed by atoms with Gasteiger partial charge >= 0.3 is 0 Å². The van der Waals surface area contributed by atoms with Crippen molar-refractivity contribution in [3.8, 4) is 0 Å². The Morgan fingerprint density at radius 3 is 1.09 bits per heavy atom.